The molecule has 0 bridgehead atoms. The number of halogens is 1. The normalized spacial score (nSPS) is 23.4. The van der Waals surface area contributed by atoms with Gasteiger partial charge in [0, 0.05) is 27.2 Å². The van der Waals surface area contributed by atoms with E-state index in [-0.39, 0.29) is 23.3 Å². The Morgan fingerprint density at radius 3 is 2.60 bits per heavy atom. The van der Waals surface area contributed by atoms with E-state index in [1.54, 1.807) is 19.0 Å². The minimum absolute atomic E-state index is 0.0522. The number of hydrogen-bond acceptors (Lipinski definition) is 3. The molecular weight excluding hydrogens is 321 g/mol. The highest BCUT2D eigenvalue weighted by Gasteiger charge is 2.44. The van der Waals surface area contributed by atoms with Crippen molar-refractivity contribution in [1.29, 1.82) is 0 Å². The summed E-state index contributed by atoms with van der Waals surface area (Å²) in [5.74, 6) is -0.192. The first-order valence-corrected chi connectivity index (χ1v) is 9.01. The monoisotopic (exact) mass is 349 g/mol. The highest BCUT2D eigenvalue weighted by atomic mass is 19.1. The third-order valence-electron chi connectivity index (χ3n) is 5.64. The number of carbonyl (C=O) groups is 1. The Bertz CT molecular complexity index is 583. The summed E-state index contributed by atoms with van der Waals surface area (Å²) in [6.45, 7) is 4.20. The smallest absolute Gasteiger partial charge is 0.317 e. The van der Waals surface area contributed by atoms with Crippen LogP contribution in [0, 0.1) is 11.2 Å². The molecule has 2 aliphatic heterocycles. The highest BCUT2D eigenvalue weighted by Crippen LogP contribution is 2.41. The number of rotatable bonds is 3. The van der Waals surface area contributed by atoms with Crippen LogP contribution in [0.15, 0.2) is 24.3 Å². The van der Waals surface area contributed by atoms with Crippen molar-refractivity contribution in [2.75, 3.05) is 40.4 Å². The number of ether oxygens (including phenoxy) is 1. The molecule has 2 saturated heterocycles. The van der Waals surface area contributed by atoms with Crippen LogP contribution in [-0.4, -0.2) is 62.3 Å². The predicted octanol–water partition coefficient (Wildman–Crippen LogP) is 2.47. The van der Waals surface area contributed by atoms with E-state index >= 15 is 0 Å². The molecule has 2 amide bonds. The van der Waals surface area contributed by atoms with E-state index in [0.29, 0.717) is 6.61 Å². The van der Waals surface area contributed by atoms with Crippen molar-refractivity contribution >= 4 is 6.03 Å². The van der Waals surface area contributed by atoms with Crippen molar-refractivity contribution in [3.05, 3.63) is 35.6 Å². The summed E-state index contributed by atoms with van der Waals surface area (Å²) in [6, 6.07) is 6.77. The summed E-state index contributed by atoms with van der Waals surface area (Å²) in [6.07, 6.45) is 3.10. The zero-order valence-electron chi connectivity index (χ0n) is 15.1. The number of benzene rings is 1. The van der Waals surface area contributed by atoms with E-state index in [1.807, 2.05) is 12.1 Å². The molecule has 1 atom stereocenters. The molecule has 0 aromatic heterocycles. The average Bonchev–Trinajstić information content (AvgIpc) is 2.61. The van der Waals surface area contributed by atoms with E-state index < -0.39 is 0 Å². The van der Waals surface area contributed by atoms with Crippen LogP contribution in [0.5, 0.6) is 0 Å². The fourth-order valence-corrected chi connectivity index (χ4v) is 3.90. The molecule has 6 heteroatoms. The lowest BCUT2D eigenvalue weighted by atomic mass is 9.69. The molecule has 0 radical (unpaired) electrons. The van der Waals surface area contributed by atoms with Gasteiger partial charge < -0.3 is 15.0 Å². The number of nitrogens with zero attached hydrogens (tertiary/aromatic N) is 2. The molecule has 5 nitrogen and oxygen atoms in total. The number of urea groups is 1. The molecule has 1 aromatic carbocycles. The van der Waals surface area contributed by atoms with Crippen molar-refractivity contribution in [1.82, 2.24) is 15.1 Å². The lowest BCUT2D eigenvalue weighted by molar-refractivity contribution is -0.0484. The lowest BCUT2D eigenvalue weighted by Gasteiger charge is -2.49. The van der Waals surface area contributed by atoms with Crippen molar-refractivity contribution < 1.29 is 13.9 Å². The van der Waals surface area contributed by atoms with Crippen LogP contribution < -0.4 is 5.32 Å². The number of hydrogen-bond donors (Lipinski definition) is 1. The molecule has 1 unspecified atom stereocenters. The van der Waals surface area contributed by atoms with Gasteiger partial charge in [0.15, 0.2) is 0 Å². The van der Waals surface area contributed by atoms with Crippen molar-refractivity contribution in [3.63, 3.8) is 0 Å². The second kappa shape index (κ2) is 7.70. The third kappa shape index (κ3) is 4.30. The largest absolute Gasteiger partial charge is 0.379 e. The Morgan fingerprint density at radius 1 is 1.28 bits per heavy atom. The van der Waals surface area contributed by atoms with Gasteiger partial charge in [-0.2, -0.15) is 0 Å². The molecule has 1 N–H and O–H groups in total. The zero-order valence-corrected chi connectivity index (χ0v) is 15.1. The van der Waals surface area contributed by atoms with E-state index in [1.165, 1.54) is 12.1 Å². The fourth-order valence-electron chi connectivity index (χ4n) is 3.90. The zero-order chi connectivity index (χ0) is 17.9. The number of carbonyl (C=O) groups excluding carboxylic acids is 1. The molecule has 2 heterocycles. The summed E-state index contributed by atoms with van der Waals surface area (Å²) in [5, 5.41) is 3.15. The maximum absolute atomic E-state index is 13.0. The predicted molar refractivity (Wildman–Crippen MR) is 94.8 cm³/mol. The maximum atomic E-state index is 13.0. The average molecular weight is 349 g/mol. The summed E-state index contributed by atoms with van der Waals surface area (Å²) >= 11 is 0. The molecule has 1 spiro atoms. The second-order valence-corrected chi connectivity index (χ2v) is 7.49. The van der Waals surface area contributed by atoms with Crippen molar-refractivity contribution in [2.24, 2.45) is 5.41 Å². The SMILES string of the molecule is CN(C)C(=O)NC1COCCC12CCN(Cc1ccc(F)cc1)CC2. The summed E-state index contributed by atoms with van der Waals surface area (Å²) in [7, 11) is 3.52. The maximum Gasteiger partial charge on any atom is 0.317 e. The van der Waals surface area contributed by atoms with Crippen LogP contribution in [0.25, 0.3) is 0 Å². The molecule has 0 saturated carbocycles. The number of piperidine rings is 1. The van der Waals surface area contributed by atoms with Gasteiger partial charge in [0.05, 0.1) is 12.6 Å². The van der Waals surface area contributed by atoms with Crippen LogP contribution in [0.2, 0.25) is 0 Å². The van der Waals surface area contributed by atoms with Crippen LogP contribution in [0.4, 0.5) is 9.18 Å². The van der Waals surface area contributed by atoms with E-state index in [2.05, 4.69) is 10.2 Å². The summed E-state index contributed by atoms with van der Waals surface area (Å²) in [5.41, 5.74) is 1.27. The Morgan fingerprint density at radius 2 is 1.96 bits per heavy atom. The Hall–Kier alpha value is -1.66. The first-order chi connectivity index (χ1) is 12.0. The van der Waals surface area contributed by atoms with Gasteiger partial charge in [-0.3, -0.25) is 4.90 Å². The first-order valence-electron chi connectivity index (χ1n) is 9.01. The molecule has 138 valence electrons. The minimum atomic E-state index is -0.192. The topological polar surface area (TPSA) is 44.8 Å². The molecule has 2 fully saturated rings. The van der Waals surface area contributed by atoms with Crippen LogP contribution in [0.1, 0.15) is 24.8 Å². The number of nitrogens with one attached hydrogen (secondary N) is 1. The third-order valence-corrected chi connectivity index (χ3v) is 5.64. The van der Waals surface area contributed by atoms with Crippen LogP contribution in [0.3, 0.4) is 0 Å². The summed E-state index contributed by atoms with van der Waals surface area (Å²) < 4.78 is 18.7. The van der Waals surface area contributed by atoms with Gasteiger partial charge in [0.25, 0.3) is 0 Å². The Balaban J connectivity index is 1.59. The standard InChI is InChI=1S/C19H28FN3O2/c1-22(2)18(24)21-17-14-25-12-9-19(17)7-10-23(11-8-19)13-15-3-5-16(20)6-4-15/h3-6,17H,7-14H2,1-2H3,(H,21,24). The van der Waals surface area contributed by atoms with Crippen molar-refractivity contribution in [2.45, 2.75) is 31.8 Å². The number of likely N-dealkylation sites (tertiary alicyclic amines) is 1. The highest BCUT2D eigenvalue weighted by molar-refractivity contribution is 5.74. The molecule has 3 rings (SSSR count). The Labute approximate surface area is 149 Å². The van der Waals surface area contributed by atoms with Crippen LogP contribution in [-0.2, 0) is 11.3 Å². The van der Waals surface area contributed by atoms with Gasteiger partial charge in [-0.15, -0.1) is 0 Å². The van der Waals surface area contributed by atoms with Crippen LogP contribution >= 0.6 is 0 Å². The minimum Gasteiger partial charge on any atom is -0.379 e. The van der Waals surface area contributed by atoms with Gasteiger partial charge in [0.2, 0.25) is 0 Å². The summed E-state index contributed by atoms with van der Waals surface area (Å²) in [4.78, 5) is 16.1. The van der Waals surface area contributed by atoms with E-state index in [0.717, 1.165) is 51.1 Å². The van der Waals surface area contributed by atoms with E-state index in [4.69, 9.17) is 4.74 Å². The second-order valence-electron chi connectivity index (χ2n) is 7.49. The fraction of sp³-hybridized carbons (Fsp3) is 0.632. The van der Waals surface area contributed by atoms with Gasteiger partial charge >= 0.3 is 6.03 Å². The molecular formula is C19H28FN3O2. The Kier molecular flexibility index (Phi) is 5.59. The number of amides is 2. The lowest BCUT2D eigenvalue weighted by Crippen LogP contribution is -2.58. The quantitative estimate of drug-likeness (QED) is 0.912. The van der Waals surface area contributed by atoms with Gasteiger partial charge in [-0.1, -0.05) is 12.1 Å². The van der Waals surface area contributed by atoms with Gasteiger partial charge in [0.1, 0.15) is 5.82 Å². The van der Waals surface area contributed by atoms with E-state index in [9.17, 15) is 9.18 Å². The van der Waals surface area contributed by atoms with Gasteiger partial charge in [-0.05, 0) is 55.5 Å². The van der Waals surface area contributed by atoms with Crippen molar-refractivity contribution in [3.8, 4) is 0 Å². The van der Waals surface area contributed by atoms with Gasteiger partial charge in [-0.25, -0.2) is 9.18 Å². The molecule has 1 aromatic rings. The first kappa shape index (κ1) is 18.1. The molecule has 2 aliphatic rings. The molecule has 0 aliphatic carbocycles. The molecule has 25 heavy (non-hydrogen) atoms.